The fourth-order valence-corrected chi connectivity index (χ4v) is 1.53. The van der Waals surface area contributed by atoms with Crippen molar-refractivity contribution < 1.29 is 4.74 Å². The Morgan fingerprint density at radius 3 is 2.94 bits per heavy atom. The fraction of sp³-hybridized carbons (Fsp3) is 0.727. The van der Waals surface area contributed by atoms with Gasteiger partial charge in [0.05, 0.1) is 18.6 Å². The number of hydrogen-bond donors (Lipinski definition) is 1. The molecule has 1 atom stereocenters. The molecule has 0 saturated carbocycles. The molecule has 0 spiro atoms. The minimum absolute atomic E-state index is 0.0341. The van der Waals surface area contributed by atoms with Crippen molar-refractivity contribution in [1.82, 2.24) is 14.5 Å². The highest BCUT2D eigenvalue weighted by Crippen LogP contribution is 2.08. The predicted molar refractivity (Wildman–Crippen MR) is 64.2 cm³/mol. The average molecular weight is 226 g/mol. The lowest BCUT2D eigenvalue weighted by Gasteiger charge is -2.17. The lowest BCUT2D eigenvalue weighted by atomic mass is 10.3. The summed E-state index contributed by atoms with van der Waals surface area (Å²) in [6.45, 7) is 5.57. The third kappa shape index (κ3) is 3.92. The molecule has 0 amide bonds. The second-order valence-electron chi connectivity index (χ2n) is 4.10. The maximum atomic E-state index is 5.85. The molecule has 0 aliphatic heterocycles. The Morgan fingerprint density at radius 1 is 1.56 bits per heavy atom. The number of rotatable bonds is 7. The Hall–Kier alpha value is -0.910. The standard InChI is InChI=1S/C11H22N4O/c1-10(12)11-8-13-9-15(11)5-4-14(2)6-7-16-3/h8-10H,4-7,12H2,1-3H3/t10-/m1/s1. The highest BCUT2D eigenvalue weighted by Gasteiger charge is 2.07. The quantitative estimate of drug-likeness (QED) is 0.735. The van der Waals surface area contributed by atoms with E-state index in [4.69, 9.17) is 10.5 Å². The van der Waals surface area contributed by atoms with Crippen LogP contribution in [-0.4, -0.2) is 48.3 Å². The van der Waals surface area contributed by atoms with E-state index in [1.54, 1.807) is 7.11 Å². The van der Waals surface area contributed by atoms with Crippen LogP contribution in [0.2, 0.25) is 0 Å². The lowest BCUT2D eigenvalue weighted by molar-refractivity contribution is 0.159. The van der Waals surface area contributed by atoms with Crippen LogP contribution in [0.1, 0.15) is 18.7 Å². The van der Waals surface area contributed by atoms with Gasteiger partial charge < -0.3 is 19.9 Å². The maximum Gasteiger partial charge on any atom is 0.0949 e. The van der Waals surface area contributed by atoms with E-state index in [2.05, 4.69) is 21.5 Å². The van der Waals surface area contributed by atoms with E-state index < -0.39 is 0 Å². The summed E-state index contributed by atoms with van der Waals surface area (Å²) in [5, 5.41) is 0. The zero-order chi connectivity index (χ0) is 12.0. The molecule has 0 aliphatic rings. The predicted octanol–water partition coefficient (Wildman–Crippen LogP) is 0.481. The summed E-state index contributed by atoms with van der Waals surface area (Å²) in [7, 11) is 3.80. The molecule has 0 fully saturated rings. The molecule has 0 radical (unpaired) electrons. The molecule has 1 rings (SSSR count). The highest BCUT2D eigenvalue weighted by atomic mass is 16.5. The third-order valence-corrected chi connectivity index (χ3v) is 2.61. The SMILES string of the molecule is COCCN(C)CCn1cncc1[C@@H](C)N. The molecule has 2 N–H and O–H groups in total. The first-order chi connectivity index (χ1) is 7.65. The Balaban J connectivity index is 2.39. The smallest absolute Gasteiger partial charge is 0.0949 e. The van der Waals surface area contributed by atoms with Crippen LogP contribution in [-0.2, 0) is 11.3 Å². The van der Waals surface area contributed by atoms with E-state index >= 15 is 0 Å². The molecule has 0 bridgehead atoms. The molecule has 16 heavy (non-hydrogen) atoms. The van der Waals surface area contributed by atoms with Crippen LogP contribution in [0, 0.1) is 0 Å². The summed E-state index contributed by atoms with van der Waals surface area (Å²) in [5.41, 5.74) is 6.93. The van der Waals surface area contributed by atoms with Gasteiger partial charge in [0, 0.05) is 39.0 Å². The first-order valence-electron chi connectivity index (χ1n) is 5.58. The van der Waals surface area contributed by atoms with Crippen LogP contribution in [0.4, 0.5) is 0 Å². The summed E-state index contributed by atoms with van der Waals surface area (Å²) >= 11 is 0. The summed E-state index contributed by atoms with van der Waals surface area (Å²) in [6, 6.07) is 0.0341. The Morgan fingerprint density at radius 2 is 2.31 bits per heavy atom. The van der Waals surface area contributed by atoms with Crippen molar-refractivity contribution >= 4 is 0 Å². The van der Waals surface area contributed by atoms with Gasteiger partial charge in [-0.25, -0.2) is 4.98 Å². The maximum absolute atomic E-state index is 5.85. The van der Waals surface area contributed by atoms with Crippen LogP contribution >= 0.6 is 0 Å². The van der Waals surface area contributed by atoms with Crippen molar-refractivity contribution in [3.63, 3.8) is 0 Å². The van der Waals surface area contributed by atoms with Gasteiger partial charge in [0.25, 0.3) is 0 Å². The van der Waals surface area contributed by atoms with Crippen molar-refractivity contribution in [2.75, 3.05) is 33.9 Å². The summed E-state index contributed by atoms with van der Waals surface area (Å²) < 4.78 is 7.14. The van der Waals surface area contributed by atoms with Gasteiger partial charge in [0.1, 0.15) is 0 Å². The first kappa shape index (κ1) is 13.2. The van der Waals surface area contributed by atoms with Gasteiger partial charge >= 0.3 is 0 Å². The van der Waals surface area contributed by atoms with Gasteiger partial charge in [0.2, 0.25) is 0 Å². The number of ether oxygens (including phenoxy) is 1. The zero-order valence-corrected chi connectivity index (χ0v) is 10.4. The van der Waals surface area contributed by atoms with E-state index in [9.17, 15) is 0 Å². The van der Waals surface area contributed by atoms with Crippen molar-refractivity contribution in [2.45, 2.75) is 19.5 Å². The molecular formula is C11H22N4O. The number of hydrogen-bond acceptors (Lipinski definition) is 4. The second-order valence-corrected chi connectivity index (χ2v) is 4.10. The fourth-order valence-electron chi connectivity index (χ4n) is 1.53. The molecule has 5 nitrogen and oxygen atoms in total. The molecule has 0 aromatic carbocycles. The van der Waals surface area contributed by atoms with Crippen LogP contribution in [0.15, 0.2) is 12.5 Å². The normalized spacial score (nSPS) is 13.3. The zero-order valence-electron chi connectivity index (χ0n) is 10.4. The van der Waals surface area contributed by atoms with Crippen LogP contribution < -0.4 is 5.73 Å². The van der Waals surface area contributed by atoms with Gasteiger partial charge in [-0.1, -0.05) is 0 Å². The van der Waals surface area contributed by atoms with Crippen molar-refractivity contribution in [2.24, 2.45) is 5.73 Å². The lowest BCUT2D eigenvalue weighted by Crippen LogP contribution is -2.27. The van der Waals surface area contributed by atoms with Gasteiger partial charge in [-0.05, 0) is 14.0 Å². The number of nitrogens with two attached hydrogens (primary N) is 1. The molecule has 1 aromatic heterocycles. The monoisotopic (exact) mass is 226 g/mol. The molecule has 0 unspecified atom stereocenters. The minimum atomic E-state index is 0.0341. The van der Waals surface area contributed by atoms with E-state index in [1.807, 2.05) is 19.4 Å². The average Bonchev–Trinajstić information content (AvgIpc) is 2.71. The number of likely N-dealkylation sites (N-methyl/N-ethyl adjacent to an activating group) is 1. The van der Waals surface area contributed by atoms with Gasteiger partial charge in [-0.2, -0.15) is 0 Å². The first-order valence-corrected chi connectivity index (χ1v) is 5.58. The highest BCUT2D eigenvalue weighted by molar-refractivity contribution is 5.02. The molecule has 1 heterocycles. The molecule has 1 aromatic rings. The van der Waals surface area contributed by atoms with Crippen LogP contribution in [0.5, 0.6) is 0 Å². The summed E-state index contributed by atoms with van der Waals surface area (Å²) in [6.07, 6.45) is 3.67. The number of nitrogens with zero attached hydrogens (tertiary/aromatic N) is 3. The molecule has 92 valence electrons. The van der Waals surface area contributed by atoms with Crippen molar-refractivity contribution in [1.29, 1.82) is 0 Å². The van der Waals surface area contributed by atoms with E-state index in [1.165, 1.54) is 0 Å². The third-order valence-electron chi connectivity index (χ3n) is 2.61. The van der Waals surface area contributed by atoms with Crippen LogP contribution in [0.3, 0.4) is 0 Å². The second kappa shape index (κ2) is 6.62. The number of methoxy groups -OCH3 is 1. The van der Waals surface area contributed by atoms with Crippen molar-refractivity contribution in [3.8, 4) is 0 Å². The molecular weight excluding hydrogens is 204 g/mol. The number of imidazole rings is 1. The van der Waals surface area contributed by atoms with Crippen molar-refractivity contribution in [3.05, 3.63) is 18.2 Å². The minimum Gasteiger partial charge on any atom is -0.383 e. The van der Waals surface area contributed by atoms with E-state index in [0.29, 0.717) is 0 Å². The Kier molecular flexibility index (Phi) is 5.45. The topological polar surface area (TPSA) is 56.3 Å². The largest absolute Gasteiger partial charge is 0.383 e. The molecule has 0 aliphatic carbocycles. The molecule has 5 heteroatoms. The van der Waals surface area contributed by atoms with E-state index in [0.717, 1.165) is 31.9 Å². The van der Waals surface area contributed by atoms with Gasteiger partial charge in [-0.15, -0.1) is 0 Å². The van der Waals surface area contributed by atoms with Crippen LogP contribution in [0.25, 0.3) is 0 Å². The summed E-state index contributed by atoms with van der Waals surface area (Å²) in [4.78, 5) is 6.35. The summed E-state index contributed by atoms with van der Waals surface area (Å²) in [5.74, 6) is 0. The Bertz CT molecular complexity index is 298. The van der Waals surface area contributed by atoms with Gasteiger partial charge in [-0.3, -0.25) is 0 Å². The molecule has 0 saturated heterocycles. The van der Waals surface area contributed by atoms with E-state index in [-0.39, 0.29) is 6.04 Å². The van der Waals surface area contributed by atoms with Gasteiger partial charge in [0.15, 0.2) is 0 Å². The Labute approximate surface area is 97.2 Å². The number of aromatic nitrogens is 2.